The molecule has 1 aromatic heterocycles. The summed E-state index contributed by atoms with van der Waals surface area (Å²) in [6.45, 7) is 3.37. The highest BCUT2D eigenvalue weighted by atomic mass is 16.5. The summed E-state index contributed by atoms with van der Waals surface area (Å²) in [6, 6.07) is 3.98. The van der Waals surface area contributed by atoms with Gasteiger partial charge in [0.05, 0.1) is 18.8 Å². The molecule has 1 aliphatic carbocycles. The lowest BCUT2D eigenvalue weighted by Gasteiger charge is -2.43. The van der Waals surface area contributed by atoms with Crippen molar-refractivity contribution in [1.29, 1.82) is 0 Å². The van der Waals surface area contributed by atoms with Gasteiger partial charge in [0.1, 0.15) is 0 Å². The van der Waals surface area contributed by atoms with Crippen molar-refractivity contribution in [1.82, 2.24) is 15.1 Å². The van der Waals surface area contributed by atoms with E-state index >= 15 is 0 Å². The van der Waals surface area contributed by atoms with Crippen LogP contribution in [0.2, 0.25) is 0 Å². The van der Waals surface area contributed by atoms with Crippen LogP contribution in [0, 0.1) is 0 Å². The number of rotatable bonds is 2. The third-order valence-electron chi connectivity index (χ3n) is 5.29. The average molecular weight is 316 g/mol. The lowest BCUT2D eigenvalue weighted by Crippen LogP contribution is -2.55. The molecule has 2 saturated heterocycles. The van der Waals surface area contributed by atoms with E-state index in [0.717, 1.165) is 31.7 Å². The third-order valence-corrected chi connectivity index (χ3v) is 5.29. The number of morpholine rings is 1. The Kier molecular flexibility index (Phi) is 4.16. The lowest BCUT2D eigenvalue weighted by atomic mass is 9.90. The van der Waals surface area contributed by atoms with Crippen LogP contribution in [0.4, 0.5) is 5.82 Å². The molecule has 6 heteroatoms. The molecule has 0 spiro atoms. The molecule has 124 valence electrons. The molecule has 2 unspecified atom stereocenters. The summed E-state index contributed by atoms with van der Waals surface area (Å²) >= 11 is 0. The molecule has 1 saturated carbocycles. The van der Waals surface area contributed by atoms with Crippen molar-refractivity contribution in [2.45, 2.75) is 50.7 Å². The van der Waals surface area contributed by atoms with E-state index in [9.17, 15) is 4.79 Å². The zero-order chi connectivity index (χ0) is 15.6. The Morgan fingerprint density at radius 3 is 2.65 bits per heavy atom. The number of nitrogens with zero attached hydrogens (tertiary/aromatic N) is 4. The van der Waals surface area contributed by atoms with Crippen molar-refractivity contribution in [2.24, 2.45) is 0 Å². The first kappa shape index (κ1) is 14.9. The van der Waals surface area contributed by atoms with Gasteiger partial charge < -0.3 is 14.5 Å². The maximum atomic E-state index is 12.8. The second kappa shape index (κ2) is 6.43. The number of anilines is 1. The molecule has 0 radical (unpaired) electrons. The van der Waals surface area contributed by atoms with Crippen molar-refractivity contribution in [3.63, 3.8) is 0 Å². The summed E-state index contributed by atoms with van der Waals surface area (Å²) in [6.07, 6.45) is 7.10. The number of carbonyl (C=O) groups is 1. The van der Waals surface area contributed by atoms with E-state index in [1.165, 1.54) is 25.7 Å². The quantitative estimate of drug-likeness (QED) is 0.833. The number of hydrogen-bond donors (Lipinski definition) is 0. The largest absolute Gasteiger partial charge is 0.374 e. The SMILES string of the molecule is O=C(c1ccc(N2CCCC2)nn1)N1CCOC2CCCCC21. The molecular weight excluding hydrogens is 292 g/mol. The van der Waals surface area contributed by atoms with Crippen LogP contribution < -0.4 is 4.90 Å². The standard InChI is InChI=1S/C17H24N4O2/c22-17(21-11-12-23-15-6-2-1-5-14(15)21)13-7-8-16(19-18-13)20-9-3-4-10-20/h7-8,14-15H,1-6,9-12H2. The molecule has 4 rings (SSSR count). The van der Waals surface area contributed by atoms with Gasteiger partial charge in [-0.15, -0.1) is 10.2 Å². The van der Waals surface area contributed by atoms with Crippen molar-refractivity contribution >= 4 is 11.7 Å². The van der Waals surface area contributed by atoms with Crippen molar-refractivity contribution < 1.29 is 9.53 Å². The normalized spacial score (nSPS) is 27.8. The van der Waals surface area contributed by atoms with Crippen LogP contribution in [0.5, 0.6) is 0 Å². The zero-order valence-electron chi connectivity index (χ0n) is 13.5. The minimum atomic E-state index is 0.00525. The number of carbonyl (C=O) groups excluding carboxylic acids is 1. The Bertz CT molecular complexity index is 554. The van der Waals surface area contributed by atoms with Gasteiger partial charge in [-0.25, -0.2) is 0 Å². The first-order valence-electron chi connectivity index (χ1n) is 8.84. The molecule has 1 amide bonds. The van der Waals surface area contributed by atoms with Crippen molar-refractivity contribution in [3.05, 3.63) is 17.8 Å². The van der Waals surface area contributed by atoms with Gasteiger partial charge in [0, 0.05) is 19.6 Å². The zero-order valence-corrected chi connectivity index (χ0v) is 13.5. The lowest BCUT2D eigenvalue weighted by molar-refractivity contribution is -0.0754. The molecule has 2 atom stereocenters. The molecule has 1 aromatic rings. The molecule has 3 heterocycles. The Morgan fingerprint density at radius 2 is 1.87 bits per heavy atom. The summed E-state index contributed by atoms with van der Waals surface area (Å²) in [5, 5.41) is 8.49. The third kappa shape index (κ3) is 2.92. The summed E-state index contributed by atoms with van der Waals surface area (Å²) in [5.41, 5.74) is 0.458. The van der Waals surface area contributed by atoms with Crippen LogP contribution in [0.3, 0.4) is 0 Å². The van der Waals surface area contributed by atoms with Gasteiger partial charge >= 0.3 is 0 Å². The van der Waals surface area contributed by atoms with Crippen LogP contribution in [-0.2, 0) is 4.74 Å². The minimum absolute atomic E-state index is 0.00525. The molecule has 6 nitrogen and oxygen atoms in total. The Balaban J connectivity index is 1.49. The fourth-order valence-electron chi connectivity index (χ4n) is 4.05. The van der Waals surface area contributed by atoms with Gasteiger partial charge in [0.2, 0.25) is 0 Å². The number of ether oxygens (including phenoxy) is 1. The van der Waals surface area contributed by atoms with Gasteiger partial charge in [-0.3, -0.25) is 4.79 Å². The van der Waals surface area contributed by atoms with Crippen LogP contribution in [-0.4, -0.2) is 59.4 Å². The van der Waals surface area contributed by atoms with Crippen molar-refractivity contribution in [2.75, 3.05) is 31.1 Å². The predicted molar refractivity (Wildman–Crippen MR) is 86.5 cm³/mol. The number of fused-ring (bicyclic) bond motifs is 1. The maximum absolute atomic E-state index is 12.8. The van der Waals surface area contributed by atoms with E-state index in [4.69, 9.17) is 4.74 Å². The molecule has 2 aliphatic heterocycles. The second-order valence-electron chi connectivity index (χ2n) is 6.73. The molecular formula is C17H24N4O2. The van der Waals surface area contributed by atoms with E-state index in [1.807, 2.05) is 17.0 Å². The summed E-state index contributed by atoms with van der Waals surface area (Å²) in [5.74, 6) is 0.891. The van der Waals surface area contributed by atoms with Gasteiger partial charge in [-0.1, -0.05) is 12.8 Å². The van der Waals surface area contributed by atoms with Gasteiger partial charge in [0.15, 0.2) is 11.5 Å². The molecule has 0 N–H and O–H groups in total. The van der Waals surface area contributed by atoms with Crippen LogP contribution in [0.15, 0.2) is 12.1 Å². The first-order valence-corrected chi connectivity index (χ1v) is 8.84. The van der Waals surface area contributed by atoms with Gasteiger partial charge in [-0.05, 0) is 37.8 Å². The average Bonchev–Trinajstić information content (AvgIpc) is 3.15. The maximum Gasteiger partial charge on any atom is 0.274 e. The number of amides is 1. The monoisotopic (exact) mass is 316 g/mol. The Morgan fingerprint density at radius 1 is 1.04 bits per heavy atom. The fourth-order valence-corrected chi connectivity index (χ4v) is 4.05. The van der Waals surface area contributed by atoms with E-state index in [0.29, 0.717) is 18.8 Å². The predicted octanol–water partition coefficient (Wildman–Crippen LogP) is 1.86. The number of aromatic nitrogens is 2. The molecule has 3 aliphatic rings. The summed E-state index contributed by atoms with van der Waals surface area (Å²) in [4.78, 5) is 17.0. The summed E-state index contributed by atoms with van der Waals surface area (Å²) in [7, 11) is 0. The van der Waals surface area contributed by atoms with Gasteiger partial charge in [0.25, 0.3) is 5.91 Å². The highest BCUT2D eigenvalue weighted by molar-refractivity contribution is 5.92. The van der Waals surface area contributed by atoms with Crippen molar-refractivity contribution in [3.8, 4) is 0 Å². The number of hydrogen-bond acceptors (Lipinski definition) is 5. The van der Waals surface area contributed by atoms with Gasteiger partial charge in [-0.2, -0.15) is 0 Å². The summed E-state index contributed by atoms with van der Waals surface area (Å²) < 4.78 is 5.85. The van der Waals surface area contributed by atoms with E-state index in [2.05, 4.69) is 15.1 Å². The van der Waals surface area contributed by atoms with E-state index < -0.39 is 0 Å². The molecule has 0 bridgehead atoms. The highest BCUT2D eigenvalue weighted by Gasteiger charge is 2.37. The van der Waals surface area contributed by atoms with E-state index in [-0.39, 0.29) is 18.1 Å². The molecule has 3 fully saturated rings. The Labute approximate surface area is 136 Å². The molecule has 0 aromatic carbocycles. The minimum Gasteiger partial charge on any atom is -0.374 e. The van der Waals surface area contributed by atoms with E-state index in [1.54, 1.807) is 0 Å². The first-order chi connectivity index (χ1) is 11.3. The fraction of sp³-hybridized carbons (Fsp3) is 0.706. The highest BCUT2D eigenvalue weighted by Crippen LogP contribution is 2.29. The second-order valence-corrected chi connectivity index (χ2v) is 6.73. The van der Waals surface area contributed by atoms with Crippen LogP contribution in [0.1, 0.15) is 49.0 Å². The van der Waals surface area contributed by atoms with Crippen LogP contribution in [0.25, 0.3) is 0 Å². The van der Waals surface area contributed by atoms with Crippen LogP contribution >= 0.6 is 0 Å². The Hall–Kier alpha value is -1.69. The smallest absolute Gasteiger partial charge is 0.274 e. The topological polar surface area (TPSA) is 58.6 Å². The molecule has 23 heavy (non-hydrogen) atoms.